The van der Waals surface area contributed by atoms with Crippen molar-refractivity contribution in [3.05, 3.63) is 29.8 Å². The van der Waals surface area contributed by atoms with Gasteiger partial charge in [-0.05, 0) is 36.8 Å². The van der Waals surface area contributed by atoms with Crippen LogP contribution < -0.4 is 0 Å². The molecule has 0 aromatic heterocycles. The van der Waals surface area contributed by atoms with Gasteiger partial charge in [0.25, 0.3) is 0 Å². The molecule has 1 spiro atoms. The van der Waals surface area contributed by atoms with Gasteiger partial charge in [-0.3, -0.25) is 4.99 Å². The fourth-order valence-corrected chi connectivity index (χ4v) is 3.92. The van der Waals surface area contributed by atoms with Crippen molar-refractivity contribution in [1.82, 2.24) is 0 Å². The standard InChI is InChI=1S/C16H21N/c1-3-15-16(11-7-6-8-12(16)2)13-9-4-5-10-14(13)17-15/h4-5,9-10,12H,3,6-8,11H2,1-2H3. The number of para-hydroxylation sites is 1. The molecule has 1 aromatic carbocycles. The molecule has 2 atom stereocenters. The summed E-state index contributed by atoms with van der Waals surface area (Å²) in [7, 11) is 0. The number of hydrogen-bond donors (Lipinski definition) is 0. The Morgan fingerprint density at radius 1 is 1.29 bits per heavy atom. The van der Waals surface area contributed by atoms with Crippen LogP contribution in [-0.4, -0.2) is 5.71 Å². The summed E-state index contributed by atoms with van der Waals surface area (Å²) in [5.74, 6) is 0.749. The maximum Gasteiger partial charge on any atom is 0.0671 e. The molecule has 1 saturated carbocycles. The smallest absolute Gasteiger partial charge is 0.0671 e. The highest BCUT2D eigenvalue weighted by Crippen LogP contribution is 2.52. The van der Waals surface area contributed by atoms with Gasteiger partial charge >= 0.3 is 0 Å². The number of rotatable bonds is 1. The van der Waals surface area contributed by atoms with E-state index in [9.17, 15) is 0 Å². The molecule has 0 bridgehead atoms. The molecule has 1 nitrogen and oxygen atoms in total. The molecule has 0 saturated heterocycles. The molecule has 1 fully saturated rings. The summed E-state index contributed by atoms with van der Waals surface area (Å²) < 4.78 is 0. The lowest BCUT2D eigenvalue weighted by atomic mass is 9.61. The van der Waals surface area contributed by atoms with Crippen molar-refractivity contribution >= 4 is 11.4 Å². The minimum absolute atomic E-state index is 0.281. The molecule has 0 radical (unpaired) electrons. The second-order valence-electron chi connectivity index (χ2n) is 5.55. The van der Waals surface area contributed by atoms with Crippen LogP contribution in [0.3, 0.4) is 0 Å². The molecule has 90 valence electrons. The van der Waals surface area contributed by atoms with Crippen molar-refractivity contribution in [3.63, 3.8) is 0 Å². The van der Waals surface area contributed by atoms with Crippen LogP contribution in [0.1, 0.15) is 51.5 Å². The predicted molar refractivity (Wildman–Crippen MR) is 73.1 cm³/mol. The number of fused-ring (bicyclic) bond motifs is 2. The Hall–Kier alpha value is -1.11. The van der Waals surface area contributed by atoms with Crippen LogP contribution in [-0.2, 0) is 5.41 Å². The molecular formula is C16H21N. The molecule has 3 rings (SSSR count). The van der Waals surface area contributed by atoms with E-state index in [1.54, 1.807) is 0 Å². The first-order chi connectivity index (χ1) is 8.29. The summed E-state index contributed by atoms with van der Waals surface area (Å²) >= 11 is 0. The zero-order chi connectivity index (χ0) is 11.9. The Bertz CT molecular complexity index is 460. The third-order valence-corrected chi connectivity index (χ3v) is 4.79. The molecule has 1 aliphatic carbocycles. The Morgan fingerprint density at radius 2 is 2.12 bits per heavy atom. The monoisotopic (exact) mass is 227 g/mol. The highest BCUT2D eigenvalue weighted by Gasteiger charge is 2.47. The van der Waals surface area contributed by atoms with E-state index < -0.39 is 0 Å². The summed E-state index contributed by atoms with van der Waals surface area (Å²) in [5.41, 5.74) is 4.46. The zero-order valence-electron chi connectivity index (χ0n) is 10.9. The third kappa shape index (κ3) is 1.41. The minimum atomic E-state index is 0.281. The first kappa shape index (κ1) is 11.0. The Labute approximate surface area is 104 Å². The van der Waals surface area contributed by atoms with Crippen molar-refractivity contribution in [1.29, 1.82) is 0 Å². The van der Waals surface area contributed by atoms with Gasteiger partial charge in [0.05, 0.1) is 5.69 Å². The molecule has 1 aliphatic heterocycles. The van der Waals surface area contributed by atoms with E-state index in [-0.39, 0.29) is 5.41 Å². The number of hydrogen-bond acceptors (Lipinski definition) is 1. The van der Waals surface area contributed by atoms with Gasteiger partial charge in [-0.25, -0.2) is 0 Å². The second kappa shape index (κ2) is 3.97. The Kier molecular flexibility index (Phi) is 2.57. The highest BCUT2D eigenvalue weighted by atomic mass is 14.8. The van der Waals surface area contributed by atoms with Crippen LogP contribution in [0.4, 0.5) is 5.69 Å². The maximum absolute atomic E-state index is 4.91. The maximum atomic E-state index is 4.91. The van der Waals surface area contributed by atoms with Gasteiger partial charge in [-0.2, -0.15) is 0 Å². The van der Waals surface area contributed by atoms with Crippen LogP contribution in [0.25, 0.3) is 0 Å². The van der Waals surface area contributed by atoms with Gasteiger partial charge in [0.15, 0.2) is 0 Å². The van der Waals surface area contributed by atoms with E-state index in [2.05, 4.69) is 38.1 Å². The van der Waals surface area contributed by atoms with Gasteiger partial charge in [0.1, 0.15) is 0 Å². The van der Waals surface area contributed by atoms with Crippen LogP contribution in [0.2, 0.25) is 0 Å². The fourth-order valence-electron chi connectivity index (χ4n) is 3.92. The van der Waals surface area contributed by atoms with Crippen molar-refractivity contribution < 1.29 is 0 Å². The molecule has 1 heterocycles. The molecule has 0 amide bonds. The Balaban J connectivity index is 2.16. The molecule has 2 aliphatic rings. The van der Waals surface area contributed by atoms with Crippen molar-refractivity contribution in [2.24, 2.45) is 10.9 Å². The van der Waals surface area contributed by atoms with E-state index in [0.29, 0.717) is 0 Å². The minimum Gasteiger partial charge on any atom is -0.257 e. The van der Waals surface area contributed by atoms with E-state index in [1.807, 2.05) is 0 Å². The third-order valence-electron chi connectivity index (χ3n) is 4.79. The fraction of sp³-hybridized carbons (Fsp3) is 0.562. The number of nitrogens with zero attached hydrogens (tertiary/aromatic N) is 1. The van der Waals surface area contributed by atoms with Crippen LogP contribution in [0.5, 0.6) is 0 Å². The first-order valence-corrected chi connectivity index (χ1v) is 6.96. The molecule has 0 N–H and O–H groups in total. The van der Waals surface area contributed by atoms with Gasteiger partial charge in [-0.1, -0.05) is 44.9 Å². The topological polar surface area (TPSA) is 12.4 Å². The summed E-state index contributed by atoms with van der Waals surface area (Å²) in [6.45, 7) is 4.68. The van der Waals surface area contributed by atoms with Crippen molar-refractivity contribution in [2.75, 3.05) is 0 Å². The SMILES string of the molecule is CCC1=Nc2ccccc2C12CCCCC2C. The molecule has 17 heavy (non-hydrogen) atoms. The lowest BCUT2D eigenvalue weighted by Gasteiger charge is -2.41. The van der Waals surface area contributed by atoms with Crippen LogP contribution >= 0.6 is 0 Å². The van der Waals surface area contributed by atoms with Crippen LogP contribution in [0, 0.1) is 5.92 Å². The molecular weight excluding hydrogens is 206 g/mol. The largest absolute Gasteiger partial charge is 0.257 e. The quantitative estimate of drug-likeness (QED) is 0.663. The molecule has 1 heteroatoms. The van der Waals surface area contributed by atoms with E-state index in [4.69, 9.17) is 4.99 Å². The normalized spacial score (nSPS) is 31.4. The van der Waals surface area contributed by atoms with E-state index in [0.717, 1.165) is 12.3 Å². The van der Waals surface area contributed by atoms with E-state index in [1.165, 1.54) is 42.6 Å². The summed E-state index contributed by atoms with van der Waals surface area (Å²) in [6, 6.07) is 8.78. The summed E-state index contributed by atoms with van der Waals surface area (Å²) in [4.78, 5) is 4.91. The van der Waals surface area contributed by atoms with Gasteiger partial charge in [-0.15, -0.1) is 0 Å². The Morgan fingerprint density at radius 3 is 2.88 bits per heavy atom. The average molecular weight is 227 g/mol. The van der Waals surface area contributed by atoms with Crippen molar-refractivity contribution in [3.8, 4) is 0 Å². The summed E-state index contributed by atoms with van der Waals surface area (Å²) in [5, 5.41) is 0. The predicted octanol–water partition coefficient (Wildman–Crippen LogP) is 4.63. The zero-order valence-corrected chi connectivity index (χ0v) is 10.9. The van der Waals surface area contributed by atoms with Gasteiger partial charge in [0, 0.05) is 11.1 Å². The first-order valence-electron chi connectivity index (χ1n) is 6.96. The molecule has 2 unspecified atom stereocenters. The van der Waals surface area contributed by atoms with Crippen molar-refractivity contribution in [2.45, 2.75) is 51.4 Å². The molecule has 1 aromatic rings. The number of benzene rings is 1. The van der Waals surface area contributed by atoms with Gasteiger partial charge in [0.2, 0.25) is 0 Å². The van der Waals surface area contributed by atoms with Crippen LogP contribution in [0.15, 0.2) is 29.3 Å². The summed E-state index contributed by atoms with van der Waals surface area (Å²) in [6.07, 6.45) is 6.50. The lowest BCUT2D eigenvalue weighted by Crippen LogP contribution is -2.41. The van der Waals surface area contributed by atoms with E-state index >= 15 is 0 Å². The van der Waals surface area contributed by atoms with Gasteiger partial charge < -0.3 is 0 Å². The highest BCUT2D eigenvalue weighted by molar-refractivity contribution is 6.02. The number of aliphatic imine (C=N–C) groups is 1. The average Bonchev–Trinajstić information content (AvgIpc) is 2.68. The lowest BCUT2D eigenvalue weighted by molar-refractivity contribution is 0.275. The second-order valence-corrected chi connectivity index (χ2v) is 5.55.